The van der Waals surface area contributed by atoms with E-state index in [1.165, 1.54) is 11.6 Å². The zero-order valence-corrected chi connectivity index (χ0v) is 9.37. The van der Waals surface area contributed by atoms with Crippen LogP contribution in [0, 0.1) is 0 Å². The Morgan fingerprint density at radius 1 is 1.13 bits per heavy atom. The number of nitrogens with one attached hydrogen (secondary N) is 1. The normalized spacial score (nSPS) is 9.87. The van der Waals surface area contributed by atoms with E-state index in [0.717, 1.165) is 4.57 Å². The molecule has 5 heteroatoms. The molecule has 5 nitrogen and oxygen atoms in total. The molecule has 82 valence electrons. The Labute approximate surface area is 87.0 Å². The van der Waals surface area contributed by atoms with Crippen molar-refractivity contribution < 1.29 is 0 Å². The third-order valence-corrected chi connectivity index (χ3v) is 2.17. The van der Waals surface area contributed by atoms with Gasteiger partial charge in [0, 0.05) is 20.3 Å². The summed E-state index contributed by atoms with van der Waals surface area (Å²) < 4.78 is 2.51. The van der Waals surface area contributed by atoms with Crippen LogP contribution >= 0.6 is 0 Å². The van der Waals surface area contributed by atoms with Crippen molar-refractivity contribution in [3.05, 3.63) is 33.1 Å². The van der Waals surface area contributed by atoms with E-state index in [2.05, 4.69) is 4.98 Å². The number of hydrogen-bond donors (Lipinski definition) is 1. The van der Waals surface area contributed by atoms with Gasteiger partial charge in [-0.2, -0.15) is 0 Å². The topological polar surface area (TPSA) is 59.8 Å². The monoisotopic (exact) mass is 209 g/mol. The number of aromatic nitrogens is 3. The van der Waals surface area contributed by atoms with Crippen LogP contribution in [-0.4, -0.2) is 14.1 Å². The highest BCUT2D eigenvalue weighted by molar-refractivity contribution is 5.74. The number of hydrogen-bond acceptors (Lipinski definition) is 2. The zero-order chi connectivity index (χ0) is 11.6. The minimum Gasteiger partial charge on any atom is -0.347 e. The second-order valence-corrected chi connectivity index (χ2v) is 2.95. The third kappa shape index (κ3) is 1.60. The molecular formula is C10H15N3O2. The molecule has 0 saturated heterocycles. The van der Waals surface area contributed by atoms with E-state index in [1.54, 1.807) is 19.3 Å². The highest BCUT2D eigenvalue weighted by atomic mass is 16.2. The number of H-pyrrole nitrogens is 1. The van der Waals surface area contributed by atoms with Crippen molar-refractivity contribution in [3.8, 4) is 0 Å². The Kier molecular flexibility index (Phi) is 3.14. The first kappa shape index (κ1) is 11.3. The van der Waals surface area contributed by atoms with Crippen molar-refractivity contribution in [2.45, 2.75) is 13.8 Å². The Morgan fingerprint density at radius 3 is 2.33 bits per heavy atom. The molecule has 0 aromatic carbocycles. The minimum atomic E-state index is -0.319. The van der Waals surface area contributed by atoms with Gasteiger partial charge in [0.15, 0.2) is 0 Å². The quantitative estimate of drug-likeness (QED) is 0.690. The smallest absolute Gasteiger partial charge is 0.332 e. The lowest BCUT2D eigenvalue weighted by Gasteiger charge is -2.02. The molecule has 2 rings (SSSR count). The number of aryl methyl sites for hydroxylation is 1. The van der Waals surface area contributed by atoms with Crippen molar-refractivity contribution in [1.82, 2.24) is 14.1 Å². The van der Waals surface area contributed by atoms with E-state index < -0.39 is 0 Å². The van der Waals surface area contributed by atoms with Crippen LogP contribution in [0.5, 0.6) is 0 Å². The average Bonchev–Trinajstić information content (AvgIpc) is 2.75. The van der Waals surface area contributed by atoms with Gasteiger partial charge in [0.1, 0.15) is 5.65 Å². The number of nitrogens with zero attached hydrogens (tertiary/aromatic N) is 2. The fourth-order valence-corrected chi connectivity index (χ4v) is 1.40. The first-order chi connectivity index (χ1) is 7.13. The Hall–Kier alpha value is -1.78. The summed E-state index contributed by atoms with van der Waals surface area (Å²) in [6, 6.07) is 1.66. The van der Waals surface area contributed by atoms with Crippen LogP contribution in [0.2, 0.25) is 0 Å². The molecule has 0 aliphatic carbocycles. The zero-order valence-electron chi connectivity index (χ0n) is 9.37. The maximum absolute atomic E-state index is 11.5. The Balaban J connectivity index is 0.000000531. The third-order valence-electron chi connectivity index (χ3n) is 2.17. The van der Waals surface area contributed by atoms with Gasteiger partial charge >= 0.3 is 5.69 Å². The lowest BCUT2D eigenvalue weighted by molar-refractivity contribution is 0.710. The van der Waals surface area contributed by atoms with Crippen LogP contribution in [-0.2, 0) is 14.1 Å². The van der Waals surface area contributed by atoms with Crippen LogP contribution < -0.4 is 11.2 Å². The predicted molar refractivity (Wildman–Crippen MR) is 60.1 cm³/mol. The van der Waals surface area contributed by atoms with Crippen molar-refractivity contribution in [2.24, 2.45) is 14.1 Å². The molecule has 0 fully saturated rings. The van der Waals surface area contributed by atoms with Crippen molar-refractivity contribution in [3.63, 3.8) is 0 Å². The van der Waals surface area contributed by atoms with Gasteiger partial charge in [-0.3, -0.25) is 13.9 Å². The second kappa shape index (κ2) is 4.16. The van der Waals surface area contributed by atoms with Gasteiger partial charge in [-0.1, -0.05) is 13.8 Å². The van der Waals surface area contributed by atoms with E-state index >= 15 is 0 Å². The van der Waals surface area contributed by atoms with Crippen molar-refractivity contribution >= 4 is 11.0 Å². The number of rotatable bonds is 0. The molecule has 0 atom stereocenters. The molecule has 0 amide bonds. The van der Waals surface area contributed by atoms with E-state index in [1.807, 2.05) is 13.8 Å². The Bertz CT molecular complexity index is 574. The Morgan fingerprint density at radius 2 is 1.73 bits per heavy atom. The van der Waals surface area contributed by atoms with Crippen LogP contribution in [0.4, 0.5) is 0 Å². The summed E-state index contributed by atoms with van der Waals surface area (Å²) in [5.74, 6) is 0. The molecule has 1 N–H and O–H groups in total. The lowest BCUT2D eigenvalue weighted by Crippen LogP contribution is -2.36. The van der Waals surface area contributed by atoms with E-state index in [-0.39, 0.29) is 11.2 Å². The summed E-state index contributed by atoms with van der Waals surface area (Å²) in [7, 11) is 3.09. The van der Waals surface area contributed by atoms with Gasteiger partial charge in [0.2, 0.25) is 0 Å². The highest BCUT2D eigenvalue weighted by Crippen LogP contribution is 2.01. The van der Waals surface area contributed by atoms with Gasteiger partial charge in [-0.05, 0) is 6.07 Å². The van der Waals surface area contributed by atoms with Gasteiger partial charge in [-0.15, -0.1) is 0 Å². The summed E-state index contributed by atoms with van der Waals surface area (Å²) in [5, 5.41) is 0.532. The van der Waals surface area contributed by atoms with Crippen molar-refractivity contribution in [2.75, 3.05) is 0 Å². The maximum Gasteiger partial charge on any atom is 0.332 e. The van der Waals surface area contributed by atoms with Crippen LogP contribution in [0.3, 0.4) is 0 Å². The lowest BCUT2D eigenvalue weighted by atomic mass is 10.4. The van der Waals surface area contributed by atoms with E-state index in [9.17, 15) is 9.59 Å². The molecule has 0 radical (unpaired) electrons. The first-order valence-electron chi connectivity index (χ1n) is 4.86. The summed E-state index contributed by atoms with van der Waals surface area (Å²) in [5.41, 5.74) is -0.0209. The second-order valence-electron chi connectivity index (χ2n) is 2.95. The van der Waals surface area contributed by atoms with Gasteiger partial charge in [0.25, 0.3) is 5.56 Å². The van der Waals surface area contributed by atoms with Crippen LogP contribution in [0.1, 0.15) is 13.8 Å². The molecule has 0 bridgehead atoms. The molecule has 15 heavy (non-hydrogen) atoms. The van der Waals surface area contributed by atoms with E-state index in [4.69, 9.17) is 0 Å². The maximum atomic E-state index is 11.5. The number of aromatic amines is 1. The average molecular weight is 209 g/mol. The molecule has 0 aliphatic heterocycles. The van der Waals surface area contributed by atoms with Crippen molar-refractivity contribution in [1.29, 1.82) is 0 Å². The molecule has 0 spiro atoms. The minimum absolute atomic E-state index is 0.264. The van der Waals surface area contributed by atoms with E-state index in [0.29, 0.717) is 11.0 Å². The molecular weight excluding hydrogens is 194 g/mol. The van der Waals surface area contributed by atoms with Gasteiger partial charge < -0.3 is 4.98 Å². The summed E-state index contributed by atoms with van der Waals surface area (Å²) in [6.07, 6.45) is 1.64. The van der Waals surface area contributed by atoms with Gasteiger partial charge in [-0.25, -0.2) is 4.79 Å². The summed E-state index contributed by atoms with van der Waals surface area (Å²) >= 11 is 0. The molecule has 2 aromatic heterocycles. The first-order valence-corrected chi connectivity index (χ1v) is 4.86. The van der Waals surface area contributed by atoms with Crippen LogP contribution in [0.15, 0.2) is 21.9 Å². The summed E-state index contributed by atoms with van der Waals surface area (Å²) in [4.78, 5) is 25.7. The van der Waals surface area contributed by atoms with Crippen LogP contribution in [0.25, 0.3) is 11.0 Å². The largest absolute Gasteiger partial charge is 0.347 e. The highest BCUT2D eigenvalue weighted by Gasteiger charge is 2.07. The van der Waals surface area contributed by atoms with Gasteiger partial charge in [0.05, 0.1) is 5.39 Å². The fraction of sp³-hybridized carbons (Fsp3) is 0.400. The summed E-state index contributed by atoms with van der Waals surface area (Å²) in [6.45, 7) is 4.00. The predicted octanol–water partition coefficient (Wildman–Crippen LogP) is 0.591. The standard InChI is InChI=1S/C8H9N3O2.C2H6/c1-10-6-5(3-4-9-6)7(12)11(2)8(10)13;1-2/h3-4,9H,1-2H3;1-2H3. The SMILES string of the molecule is CC.Cn1c(=O)c2cc[nH]c2n(C)c1=O. The molecule has 0 aliphatic rings. The number of fused-ring (bicyclic) bond motifs is 1. The molecule has 0 unspecified atom stereocenters. The molecule has 2 heterocycles. The molecule has 0 saturated carbocycles. The molecule has 2 aromatic rings. The fourth-order valence-electron chi connectivity index (χ4n) is 1.40.